The summed E-state index contributed by atoms with van der Waals surface area (Å²) in [5.74, 6) is -0.222. The molecular formula is C22H28N4O2S. The third-order valence-corrected chi connectivity index (χ3v) is 7.08. The summed E-state index contributed by atoms with van der Waals surface area (Å²) < 4.78 is 0. The molecule has 1 saturated heterocycles. The Morgan fingerprint density at radius 2 is 1.86 bits per heavy atom. The van der Waals surface area contributed by atoms with E-state index in [0.717, 1.165) is 49.5 Å². The Morgan fingerprint density at radius 1 is 1.14 bits per heavy atom. The smallest absolute Gasteiger partial charge is 0.243 e. The highest BCUT2D eigenvalue weighted by molar-refractivity contribution is 7.15. The summed E-state index contributed by atoms with van der Waals surface area (Å²) in [4.78, 5) is 34.9. The van der Waals surface area contributed by atoms with Gasteiger partial charge in [0.25, 0.3) is 0 Å². The lowest BCUT2D eigenvalue weighted by atomic mass is 9.96. The number of fused-ring (bicyclic) bond motifs is 1. The van der Waals surface area contributed by atoms with Gasteiger partial charge in [0.05, 0.1) is 18.8 Å². The molecule has 29 heavy (non-hydrogen) atoms. The molecule has 0 saturated carbocycles. The molecule has 154 valence electrons. The molecule has 2 aromatic rings. The van der Waals surface area contributed by atoms with Crippen molar-refractivity contribution in [3.8, 4) is 0 Å². The average molecular weight is 413 g/mol. The highest BCUT2D eigenvalue weighted by Crippen LogP contribution is 2.32. The van der Waals surface area contributed by atoms with Crippen molar-refractivity contribution in [2.24, 2.45) is 11.7 Å². The van der Waals surface area contributed by atoms with Crippen LogP contribution in [0, 0.1) is 5.92 Å². The standard InChI is InChI=1S/C22H28N4O2S/c23-21(28)17-10-12-25(13-11-17)15-20(27)26(14-16-6-2-1-3-7-16)22-24-18-8-4-5-9-19(18)29-22/h1-3,6-7,17H,4-5,8-15H2,(H2,23,28). The molecule has 0 bridgehead atoms. The summed E-state index contributed by atoms with van der Waals surface area (Å²) in [5.41, 5.74) is 7.70. The topological polar surface area (TPSA) is 79.5 Å². The van der Waals surface area contributed by atoms with Crippen LogP contribution in [0.5, 0.6) is 0 Å². The molecule has 2 aliphatic rings. The number of amides is 2. The van der Waals surface area contributed by atoms with Gasteiger partial charge in [-0.3, -0.25) is 19.4 Å². The molecule has 0 atom stereocenters. The number of anilines is 1. The molecular weight excluding hydrogens is 384 g/mol. The van der Waals surface area contributed by atoms with Crippen LogP contribution in [0.4, 0.5) is 5.13 Å². The van der Waals surface area contributed by atoms with Crippen LogP contribution in [-0.4, -0.2) is 41.3 Å². The van der Waals surface area contributed by atoms with Gasteiger partial charge >= 0.3 is 0 Å². The van der Waals surface area contributed by atoms with Crippen molar-refractivity contribution in [2.45, 2.75) is 45.1 Å². The van der Waals surface area contributed by atoms with Gasteiger partial charge in [0.15, 0.2) is 5.13 Å². The number of hydrogen-bond donors (Lipinski definition) is 1. The first-order valence-corrected chi connectivity index (χ1v) is 11.3. The van der Waals surface area contributed by atoms with Gasteiger partial charge in [-0.25, -0.2) is 4.98 Å². The van der Waals surface area contributed by atoms with Gasteiger partial charge in [0.2, 0.25) is 11.8 Å². The molecule has 0 unspecified atom stereocenters. The van der Waals surface area contributed by atoms with E-state index in [1.54, 1.807) is 11.3 Å². The van der Waals surface area contributed by atoms with Crippen LogP contribution in [0.3, 0.4) is 0 Å². The van der Waals surface area contributed by atoms with Crippen LogP contribution in [0.15, 0.2) is 30.3 Å². The van der Waals surface area contributed by atoms with Crippen LogP contribution in [0.25, 0.3) is 0 Å². The predicted molar refractivity (Wildman–Crippen MR) is 115 cm³/mol. The largest absolute Gasteiger partial charge is 0.369 e. The van der Waals surface area contributed by atoms with Crippen LogP contribution in [-0.2, 0) is 29.0 Å². The molecule has 0 spiro atoms. The summed E-state index contributed by atoms with van der Waals surface area (Å²) in [5, 5.41) is 0.817. The van der Waals surface area contributed by atoms with E-state index in [2.05, 4.69) is 4.90 Å². The molecule has 2 heterocycles. The van der Waals surface area contributed by atoms with Crippen LogP contribution in [0.2, 0.25) is 0 Å². The number of rotatable bonds is 6. The Kier molecular flexibility index (Phi) is 6.25. The predicted octanol–water partition coefficient (Wildman–Crippen LogP) is 2.75. The van der Waals surface area contributed by atoms with Crippen molar-refractivity contribution < 1.29 is 9.59 Å². The van der Waals surface area contributed by atoms with E-state index in [1.807, 2.05) is 35.2 Å². The normalized spacial score (nSPS) is 17.7. The monoisotopic (exact) mass is 412 g/mol. The maximum atomic E-state index is 13.3. The number of nitrogens with two attached hydrogens (primary N) is 1. The van der Waals surface area contributed by atoms with Gasteiger partial charge < -0.3 is 5.73 Å². The zero-order valence-corrected chi connectivity index (χ0v) is 17.5. The van der Waals surface area contributed by atoms with Gasteiger partial charge in [0.1, 0.15) is 0 Å². The summed E-state index contributed by atoms with van der Waals surface area (Å²) >= 11 is 1.67. The van der Waals surface area contributed by atoms with Crippen molar-refractivity contribution in [2.75, 3.05) is 24.5 Å². The first kappa shape index (κ1) is 20.0. The SMILES string of the molecule is NC(=O)C1CCN(CC(=O)N(Cc2ccccc2)c2nc3c(s2)CCCC3)CC1. The summed E-state index contributed by atoms with van der Waals surface area (Å²) in [6, 6.07) is 10.1. The quantitative estimate of drug-likeness (QED) is 0.791. The number of carbonyl (C=O) groups excluding carboxylic acids is 2. The van der Waals surface area contributed by atoms with Gasteiger partial charge in [-0.15, -0.1) is 11.3 Å². The first-order valence-electron chi connectivity index (χ1n) is 10.4. The summed E-state index contributed by atoms with van der Waals surface area (Å²) in [6.07, 6.45) is 5.92. The molecule has 2 N–H and O–H groups in total. The highest BCUT2D eigenvalue weighted by atomic mass is 32.1. The second-order valence-corrected chi connectivity index (χ2v) is 9.05. The Morgan fingerprint density at radius 3 is 2.55 bits per heavy atom. The van der Waals surface area contributed by atoms with E-state index in [0.29, 0.717) is 13.1 Å². The fourth-order valence-corrected chi connectivity index (χ4v) is 5.30. The van der Waals surface area contributed by atoms with Crippen molar-refractivity contribution >= 4 is 28.3 Å². The fourth-order valence-electron chi connectivity index (χ4n) is 4.13. The van der Waals surface area contributed by atoms with E-state index in [1.165, 1.54) is 23.4 Å². The zero-order chi connectivity index (χ0) is 20.2. The average Bonchev–Trinajstić information content (AvgIpc) is 3.17. The zero-order valence-electron chi connectivity index (χ0n) is 16.7. The fraction of sp³-hybridized carbons (Fsp3) is 0.500. The lowest BCUT2D eigenvalue weighted by Crippen LogP contribution is -2.45. The van der Waals surface area contributed by atoms with E-state index < -0.39 is 0 Å². The number of primary amides is 1. The number of aryl methyl sites for hydroxylation is 2. The lowest BCUT2D eigenvalue weighted by molar-refractivity contribution is -0.123. The van der Waals surface area contributed by atoms with Crippen molar-refractivity contribution in [1.82, 2.24) is 9.88 Å². The van der Waals surface area contributed by atoms with E-state index in [9.17, 15) is 9.59 Å². The number of piperidine rings is 1. The van der Waals surface area contributed by atoms with Crippen molar-refractivity contribution in [3.05, 3.63) is 46.5 Å². The molecule has 6 nitrogen and oxygen atoms in total. The highest BCUT2D eigenvalue weighted by Gasteiger charge is 2.28. The molecule has 1 fully saturated rings. The Hall–Kier alpha value is -2.25. The minimum Gasteiger partial charge on any atom is -0.369 e. The van der Waals surface area contributed by atoms with Crippen LogP contribution in [0.1, 0.15) is 41.8 Å². The molecule has 4 rings (SSSR count). The maximum Gasteiger partial charge on any atom is 0.243 e. The Labute approximate surface area is 175 Å². The molecule has 7 heteroatoms. The van der Waals surface area contributed by atoms with Crippen LogP contribution >= 0.6 is 11.3 Å². The van der Waals surface area contributed by atoms with Crippen molar-refractivity contribution in [3.63, 3.8) is 0 Å². The van der Waals surface area contributed by atoms with Gasteiger partial charge in [0, 0.05) is 10.8 Å². The van der Waals surface area contributed by atoms with Gasteiger partial charge in [-0.05, 0) is 57.2 Å². The lowest BCUT2D eigenvalue weighted by Gasteiger charge is -2.31. The number of benzene rings is 1. The second kappa shape index (κ2) is 9.05. The Balaban J connectivity index is 1.49. The Bertz CT molecular complexity index is 835. The van der Waals surface area contributed by atoms with Gasteiger partial charge in [-0.1, -0.05) is 30.3 Å². The first-order chi connectivity index (χ1) is 14.1. The minimum absolute atomic E-state index is 0.0625. The number of hydrogen-bond acceptors (Lipinski definition) is 5. The molecule has 2 amide bonds. The van der Waals surface area contributed by atoms with Crippen molar-refractivity contribution in [1.29, 1.82) is 0 Å². The second-order valence-electron chi connectivity index (χ2n) is 7.99. The van der Waals surface area contributed by atoms with Gasteiger partial charge in [-0.2, -0.15) is 0 Å². The number of nitrogens with zero attached hydrogens (tertiary/aromatic N) is 3. The molecule has 1 aliphatic heterocycles. The molecule has 0 radical (unpaired) electrons. The van der Waals surface area contributed by atoms with E-state index in [-0.39, 0.29) is 17.7 Å². The molecule has 1 aromatic heterocycles. The molecule has 1 aromatic carbocycles. The number of thiazole rings is 1. The van der Waals surface area contributed by atoms with Crippen LogP contribution < -0.4 is 10.6 Å². The number of aromatic nitrogens is 1. The molecule has 1 aliphatic carbocycles. The minimum atomic E-state index is -0.227. The summed E-state index contributed by atoms with van der Waals surface area (Å²) in [6.45, 7) is 2.34. The maximum absolute atomic E-state index is 13.3. The van der Waals surface area contributed by atoms with E-state index in [4.69, 9.17) is 10.7 Å². The third-order valence-electron chi connectivity index (χ3n) is 5.90. The van der Waals surface area contributed by atoms with E-state index >= 15 is 0 Å². The number of likely N-dealkylation sites (tertiary alicyclic amines) is 1. The third kappa shape index (κ3) is 4.85. The number of carbonyl (C=O) groups is 2. The summed E-state index contributed by atoms with van der Waals surface area (Å²) in [7, 11) is 0.